The zero-order chi connectivity index (χ0) is 19.6. The van der Waals surface area contributed by atoms with E-state index in [0.717, 1.165) is 25.9 Å². The maximum Gasteiger partial charge on any atom is 0.225 e. The highest BCUT2D eigenvalue weighted by atomic mass is 16.2. The third kappa shape index (κ3) is 2.69. The summed E-state index contributed by atoms with van der Waals surface area (Å²) >= 11 is 0. The van der Waals surface area contributed by atoms with Crippen molar-refractivity contribution in [1.82, 2.24) is 10.6 Å². The van der Waals surface area contributed by atoms with Crippen molar-refractivity contribution in [3.05, 3.63) is 41.0 Å². The summed E-state index contributed by atoms with van der Waals surface area (Å²) in [4.78, 5) is 13.3. The predicted molar refractivity (Wildman–Crippen MR) is 111 cm³/mol. The first-order valence-electron chi connectivity index (χ1n) is 10.4. The summed E-state index contributed by atoms with van der Waals surface area (Å²) in [6, 6.07) is 6.59. The molecule has 3 heteroatoms. The molecule has 0 spiro atoms. The molecule has 1 aromatic rings. The molecule has 2 N–H and O–H groups in total. The molecule has 3 unspecified atom stereocenters. The molecule has 1 aromatic carbocycles. The molecule has 0 aromatic heterocycles. The van der Waals surface area contributed by atoms with E-state index in [1.165, 1.54) is 22.3 Å². The van der Waals surface area contributed by atoms with Crippen molar-refractivity contribution in [2.24, 2.45) is 22.7 Å². The maximum absolute atomic E-state index is 13.3. The van der Waals surface area contributed by atoms with Gasteiger partial charge in [0.1, 0.15) is 0 Å². The highest BCUT2D eigenvalue weighted by Gasteiger charge is 2.76. The Bertz CT molecular complexity index is 808. The monoisotopic (exact) mass is 366 g/mol. The molecule has 1 saturated carbocycles. The summed E-state index contributed by atoms with van der Waals surface area (Å²) < 4.78 is 0. The molecular weight excluding hydrogens is 332 g/mol. The number of benzene rings is 1. The molecule has 3 atom stereocenters. The van der Waals surface area contributed by atoms with Gasteiger partial charge in [-0.25, -0.2) is 0 Å². The Hall–Kier alpha value is -1.61. The lowest BCUT2D eigenvalue weighted by atomic mass is 9.84. The second-order valence-corrected chi connectivity index (χ2v) is 10.2. The molecule has 0 radical (unpaired) electrons. The molecule has 1 heterocycles. The van der Waals surface area contributed by atoms with Crippen LogP contribution >= 0.6 is 0 Å². The Kier molecular flexibility index (Phi) is 4.12. The minimum Gasteiger partial charge on any atom is -0.347 e. The van der Waals surface area contributed by atoms with Crippen LogP contribution in [0.25, 0.3) is 5.57 Å². The van der Waals surface area contributed by atoms with Gasteiger partial charge >= 0.3 is 0 Å². The Balaban J connectivity index is 1.64. The largest absolute Gasteiger partial charge is 0.347 e. The summed E-state index contributed by atoms with van der Waals surface area (Å²) in [6.07, 6.45) is 4.66. The van der Waals surface area contributed by atoms with Crippen molar-refractivity contribution < 1.29 is 4.79 Å². The van der Waals surface area contributed by atoms with Gasteiger partial charge in [0.05, 0.1) is 11.5 Å². The van der Waals surface area contributed by atoms with Crippen molar-refractivity contribution in [3.8, 4) is 0 Å². The standard InChI is InChI=1S/C24H34N2O/c1-15-10-11-17-16(2)8-7-9-18(17)19(12-15)22(3,4)26-21(27)20-23(5)13-25-14-24(20,23)6/h7-9,12,15,20,25H,10-11,13-14H2,1-6H3,(H,26,27). The minimum absolute atomic E-state index is 0.104. The summed E-state index contributed by atoms with van der Waals surface area (Å²) in [5.41, 5.74) is 5.23. The fraction of sp³-hybridized carbons (Fsp3) is 0.625. The van der Waals surface area contributed by atoms with Gasteiger partial charge in [0.15, 0.2) is 0 Å². The molecule has 146 valence electrons. The molecule has 1 aliphatic heterocycles. The van der Waals surface area contributed by atoms with E-state index in [1.54, 1.807) is 0 Å². The van der Waals surface area contributed by atoms with Gasteiger partial charge in [-0.2, -0.15) is 0 Å². The quantitative estimate of drug-likeness (QED) is 0.845. The number of nitrogens with one attached hydrogen (secondary N) is 2. The van der Waals surface area contributed by atoms with Crippen LogP contribution in [0.3, 0.4) is 0 Å². The van der Waals surface area contributed by atoms with Gasteiger partial charge in [0.25, 0.3) is 0 Å². The number of hydrogen-bond donors (Lipinski definition) is 2. The number of hydrogen-bond acceptors (Lipinski definition) is 2. The number of carbonyl (C=O) groups excluding carboxylic acids is 1. The van der Waals surface area contributed by atoms with E-state index in [0.29, 0.717) is 5.92 Å². The van der Waals surface area contributed by atoms with E-state index in [4.69, 9.17) is 0 Å². The Morgan fingerprint density at radius 3 is 2.56 bits per heavy atom. The molecule has 2 fully saturated rings. The first kappa shape index (κ1) is 18.7. The molecule has 3 nitrogen and oxygen atoms in total. The van der Waals surface area contributed by atoms with Crippen LogP contribution in [0.2, 0.25) is 0 Å². The van der Waals surface area contributed by atoms with E-state index in [1.807, 2.05) is 0 Å². The van der Waals surface area contributed by atoms with Crippen molar-refractivity contribution in [2.75, 3.05) is 13.1 Å². The first-order valence-corrected chi connectivity index (χ1v) is 10.4. The zero-order valence-electron chi connectivity index (χ0n) is 17.7. The number of carbonyl (C=O) groups is 1. The van der Waals surface area contributed by atoms with Crippen LogP contribution in [0.5, 0.6) is 0 Å². The Labute approximate surface area is 164 Å². The SMILES string of the molecule is Cc1cccc2c1CCC(C)C=C2C(C)(C)NC(=O)C1C2(C)CNCC12C. The van der Waals surface area contributed by atoms with Gasteiger partial charge in [-0.15, -0.1) is 0 Å². The van der Waals surface area contributed by atoms with Crippen LogP contribution in [0.4, 0.5) is 0 Å². The zero-order valence-corrected chi connectivity index (χ0v) is 17.7. The molecule has 27 heavy (non-hydrogen) atoms. The van der Waals surface area contributed by atoms with Crippen molar-refractivity contribution in [2.45, 2.75) is 59.9 Å². The fourth-order valence-electron chi connectivity index (χ4n) is 5.83. The van der Waals surface area contributed by atoms with Crippen molar-refractivity contribution in [3.63, 3.8) is 0 Å². The van der Waals surface area contributed by atoms with E-state index in [2.05, 4.69) is 76.5 Å². The van der Waals surface area contributed by atoms with Gasteiger partial charge in [-0.05, 0) is 72.6 Å². The number of aryl methyl sites for hydroxylation is 1. The average Bonchev–Trinajstić information content (AvgIpc) is 2.99. The summed E-state index contributed by atoms with van der Waals surface area (Å²) in [7, 11) is 0. The fourth-order valence-corrected chi connectivity index (χ4v) is 5.83. The third-order valence-corrected chi connectivity index (χ3v) is 7.85. The highest BCUT2D eigenvalue weighted by molar-refractivity contribution is 5.89. The number of allylic oxidation sites excluding steroid dienone is 1. The molecular formula is C24H34N2O. The van der Waals surface area contributed by atoms with E-state index in [9.17, 15) is 4.79 Å². The van der Waals surface area contributed by atoms with Gasteiger partial charge in [-0.3, -0.25) is 4.79 Å². The molecule has 1 saturated heterocycles. The topological polar surface area (TPSA) is 41.1 Å². The predicted octanol–water partition coefficient (Wildman–Crippen LogP) is 4.10. The van der Waals surface area contributed by atoms with Gasteiger partial charge in [0, 0.05) is 13.1 Å². The van der Waals surface area contributed by atoms with Crippen molar-refractivity contribution in [1.29, 1.82) is 0 Å². The summed E-state index contributed by atoms with van der Waals surface area (Å²) in [6.45, 7) is 15.2. The second kappa shape index (κ2) is 5.94. The lowest BCUT2D eigenvalue weighted by molar-refractivity contribution is -0.124. The highest BCUT2D eigenvalue weighted by Crippen LogP contribution is 2.70. The average molecular weight is 367 g/mol. The van der Waals surface area contributed by atoms with Gasteiger partial charge in [-0.1, -0.05) is 45.0 Å². The number of piperidine rings is 1. The maximum atomic E-state index is 13.3. The van der Waals surface area contributed by atoms with E-state index in [-0.39, 0.29) is 28.2 Å². The normalized spacial score (nSPS) is 35.0. The molecule has 0 bridgehead atoms. The Morgan fingerprint density at radius 2 is 1.89 bits per heavy atom. The lowest BCUT2D eigenvalue weighted by Gasteiger charge is -2.32. The number of amides is 1. The third-order valence-electron chi connectivity index (χ3n) is 7.85. The smallest absolute Gasteiger partial charge is 0.225 e. The van der Waals surface area contributed by atoms with Crippen LogP contribution < -0.4 is 10.6 Å². The first-order chi connectivity index (χ1) is 12.6. The van der Waals surface area contributed by atoms with Crippen molar-refractivity contribution >= 4 is 11.5 Å². The Morgan fingerprint density at radius 1 is 1.22 bits per heavy atom. The number of fused-ring (bicyclic) bond motifs is 2. The van der Waals surface area contributed by atoms with Crippen LogP contribution in [-0.2, 0) is 11.2 Å². The molecule has 1 amide bonds. The van der Waals surface area contributed by atoms with Gasteiger partial charge < -0.3 is 10.6 Å². The van der Waals surface area contributed by atoms with Gasteiger partial charge in [0.2, 0.25) is 5.91 Å². The summed E-state index contributed by atoms with van der Waals surface area (Å²) in [5, 5.41) is 6.90. The molecule has 4 rings (SSSR count). The van der Waals surface area contributed by atoms with E-state index >= 15 is 0 Å². The minimum atomic E-state index is -0.380. The lowest BCUT2D eigenvalue weighted by Crippen LogP contribution is -2.47. The van der Waals surface area contributed by atoms with E-state index < -0.39 is 0 Å². The molecule has 2 aliphatic carbocycles. The number of rotatable bonds is 3. The summed E-state index contributed by atoms with van der Waals surface area (Å²) in [5.74, 6) is 0.854. The second-order valence-electron chi connectivity index (χ2n) is 10.2. The van der Waals surface area contributed by atoms with Crippen LogP contribution in [0.15, 0.2) is 24.3 Å². The van der Waals surface area contributed by atoms with Crippen LogP contribution in [0, 0.1) is 29.6 Å². The van der Waals surface area contributed by atoms with Crippen LogP contribution in [0.1, 0.15) is 57.7 Å². The van der Waals surface area contributed by atoms with Crippen LogP contribution in [-0.4, -0.2) is 24.5 Å². The molecule has 3 aliphatic rings.